The first-order chi connectivity index (χ1) is 6.90. The molecule has 0 fully saturated rings. The van der Waals surface area contributed by atoms with Crippen LogP contribution in [0.5, 0.6) is 0 Å². The Morgan fingerprint density at radius 2 is 2.21 bits per heavy atom. The quantitative estimate of drug-likeness (QED) is 0.639. The lowest BCUT2D eigenvalue weighted by Gasteiger charge is -1.97. The summed E-state index contributed by atoms with van der Waals surface area (Å²) in [5.74, 6) is 0.692. The molecular weight excluding hydrogens is 216 g/mol. The van der Waals surface area contributed by atoms with Gasteiger partial charge in [0, 0.05) is 12.4 Å². The van der Waals surface area contributed by atoms with Gasteiger partial charge in [0.1, 0.15) is 0 Å². The van der Waals surface area contributed by atoms with Crippen LogP contribution in [0.4, 0.5) is 5.13 Å². The summed E-state index contributed by atoms with van der Waals surface area (Å²) in [5.41, 5.74) is 1.06. The molecular formula is C10H11ClN2S. The number of fused-ring (bicyclic) bond motifs is 1. The van der Waals surface area contributed by atoms with Gasteiger partial charge in [0.25, 0.3) is 0 Å². The molecule has 74 valence electrons. The molecule has 0 saturated heterocycles. The van der Waals surface area contributed by atoms with Gasteiger partial charge in [-0.3, -0.25) is 0 Å². The van der Waals surface area contributed by atoms with Gasteiger partial charge in [0.15, 0.2) is 5.13 Å². The highest BCUT2D eigenvalue weighted by Gasteiger charge is 2.00. The third-order valence-electron chi connectivity index (χ3n) is 1.88. The molecule has 0 atom stereocenters. The van der Waals surface area contributed by atoms with Gasteiger partial charge in [0.05, 0.1) is 10.2 Å². The number of para-hydroxylation sites is 1. The second-order valence-corrected chi connectivity index (χ2v) is 4.36. The van der Waals surface area contributed by atoms with Crippen LogP contribution in [0.15, 0.2) is 24.3 Å². The Balaban J connectivity index is 2.11. The Hall–Kier alpha value is -0.800. The summed E-state index contributed by atoms with van der Waals surface area (Å²) < 4.78 is 1.22. The highest BCUT2D eigenvalue weighted by molar-refractivity contribution is 7.22. The number of thiazole rings is 1. The number of alkyl halides is 1. The number of hydrogen-bond acceptors (Lipinski definition) is 3. The predicted octanol–water partition coefficient (Wildman–Crippen LogP) is 3.34. The van der Waals surface area contributed by atoms with Crippen LogP contribution in [0.2, 0.25) is 0 Å². The maximum Gasteiger partial charge on any atom is 0.183 e. The third-order valence-corrected chi connectivity index (χ3v) is 3.14. The number of hydrogen-bond donors (Lipinski definition) is 1. The lowest BCUT2D eigenvalue weighted by molar-refractivity contribution is 0.985. The monoisotopic (exact) mass is 226 g/mol. The molecule has 1 aromatic carbocycles. The molecule has 0 radical (unpaired) electrons. The molecule has 2 aromatic rings. The van der Waals surface area contributed by atoms with E-state index in [0.717, 1.165) is 23.6 Å². The molecule has 2 nitrogen and oxygen atoms in total. The van der Waals surface area contributed by atoms with Crippen molar-refractivity contribution in [3.8, 4) is 0 Å². The molecule has 0 unspecified atom stereocenters. The van der Waals surface area contributed by atoms with Crippen molar-refractivity contribution in [1.29, 1.82) is 0 Å². The summed E-state index contributed by atoms with van der Waals surface area (Å²) in [4.78, 5) is 4.45. The Morgan fingerprint density at radius 1 is 1.36 bits per heavy atom. The lowest BCUT2D eigenvalue weighted by atomic mass is 10.3. The average molecular weight is 227 g/mol. The van der Waals surface area contributed by atoms with Crippen molar-refractivity contribution in [2.45, 2.75) is 6.42 Å². The van der Waals surface area contributed by atoms with Gasteiger partial charge < -0.3 is 5.32 Å². The zero-order chi connectivity index (χ0) is 9.80. The van der Waals surface area contributed by atoms with E-state index in [1.54, 1.807) is 11.3 Å². The molecule has 1 aromatic heterocycles. The maximum atomic E-state index is 5.59. The first-order valence-corrected chi connectivity index (χ1v) is 5.90. The average Bonchev–Trinajstić information content (AvgIpc) is 2.60. The van der Waals surface area contributed by atoms with Crippen molar-refractivity contribution in [1.82, 2.24) is 4.98 Å². The maximum absolute atomic E-state index is 5.59. The van der Waals surface area contributed by atoms with E-state index in [4.69, 9.17) is 11.6 Å². The number of anilines is 1. The largest absolute Gasteiger partial charge is 0.361 e. The van der Waals surface area contributed by atoms with E-state index in [9.17, 15) is 0 Å². The molecule has 4 heteroatoms. The van der Waals surface area contributed by atoms with Gasteiger partial charge in [-0.25, -0.2) is 4.98 Å². The van der Waals surface area contributed by atoms with Gasteiger partial charge in [-0.05, 0) is 18.6 Å². The molecule has 14 heavy (non-hydrogen) atoms. The number of aromatic nitrogens is 1. The summed E-state index contributed by atoms with van der Waals surface area (Å²) in [7, 11) is 0. The molecule has 0 amide bonds. The summed E-state index contributed by atoms with van der Waals surface area (Å²) in [5, 5.41) is 4.24. The number of nitrogens with one attached hydrogen (secondary N) is 1. The fraction of sp³-hybridized carbons (Fsp3) is 0.300. The van der Waals surface area contributed by atoms with Gasteiger partial charge in [-0.15, -0.1) is 11.6 Å². The Labute approximate surface area is 91.9 Å². The van der Waals surface area contributed by atoms with Gasteiger partial charge >= 0.3 is 0 Å². The molecule has 1 heterocycles. The van der Waals surface area contributed by atoms with E-state index >= 15 is 0 Å². The zero-order valence-corrected chi connectivity index (χ0v) is 9.24. The van der Waals surface area contributed by atoms with Crippen LogP contribution in [-0.2, 0) is 0 Å². The van der Waals surface area contributed by atoms with E-state index in [2.05, 4.69) is 16.4 Å². The van der Waals surface area contributed by atoms with Crippen LogP contribution in [-0.4, -0.2) is 17.4 Å². The number of halogens is 1. The second kappa shape index (κ2) is 4.62. The van der Waals surface area contributed by atoms with Crippen molar-refractivity contribution in [2.24, 2.45) is 0 Å². The fourth-order valence-electron chi connectivity index (χ4n) is 1.21. The standard InChI is InChI=1S/C10H11ClN2S/c11-6-3-7-12-10-13-8-4-1-2-5-9(8)14-10/h1-2,4-5H,3,6-7H2,(H,12,13). The van der Waals surface area contributed by atoms with Crippen LogP contribution >= 0.6 is 22.9 Å². The normalized spacial score (nSPS) is 10.6. The molecule has 2 rings (SSSR count). The number of rotatable bonds is 4. The van der Waals surface area contributed by atoms with Crippen molar-refractivity contribution in [3.63, 3.8) is 0 Å². The van der Waals surface area contributed by atoms with Crippen molar-refractivity contribution in [2.75, 3.05) is 17.7 Å². The SMILES string of the molecule is ClCCCNc1nc2ccccc2s1. The first kappa shape index (κ1) is 9.74. The van der Waals surface area contributed by atoms with Crippen LogP contribution in [0, 0.1) is 0 Å². The minimum atomic E-state index is 0.692. The Morgan fingerprint density at radius 3 is 3.00 bits per heavy atom. The predicted molar refractivity (Wildman–Crippen MR) is 63.4 cm³/mol. The van der Waals surface area contributed by atoms with Crippen molar-refractivity contribution >= 4 is 38.3 Å². The summed E-state index contributed by atoms with van der Waals surface area (Å²) >= 11 is 7.27. The minimum absolute atomic E-state index is 0.692. The molecule has 0 saturated carbocycles. The first-order valence-electron chi connectivity index (χ1n) is 4.55. The minimum Gasteiger partial charge on any atom is -0.361 e. The Bertz CT molecular complexity index is 380. The molecule has 0 spiro atoms. The zero-order valence-electron chi connectivity index (χ0n) is 7.66. The highest BCUT2D eigenvalue weighted by atomic mass is 35.5. The summed E-state index contributed by atoms with van der Waals surface area (Å²) in [6.07, 6.45) is 0.970. The number of nitrogens with zero attached hydrogens (tertiary/aromatic N) is 1. The van der Waals surface area contributed by atoms with Crippen molar-refractivity contribution < 1.29 is 0 Å². The van der Waals surface area contributed by atoms with E-state index in [1.807, 2.05) is 18.2 Å². The van der Waals surface area contributed by atoms with E-state index in [1.165, 1.54) is 4.70 Å². The topological polar surface area (TPSA) is 24.9 Å². The highest BCUT2D eigenvalue weighted by Crippen LogP contribution is 2.25. The number of benzene rings is 1. The van der Waals surface area contributed by atoms with E-state index < -0.39 is 0 Å². The summed E-state index contributed by atoms with van der Waals surface area (Å²) in [6.45, 7) is 0.892. The summed E-state index contributed by atoms with van der Waals surface area (Å²) in [6, 6.07) is 8.14. The van der Waals surface area contributed by atoms with Crippen LogP contribution < -0.4 is 5.32 Å². The fourth-order valence-corrected chi connectivity index (χ4v) is 2.23. The molecule has 1 N–H and O–H groups in total. The van der Waals surface area contributed by atoms with Gasteiger partial charge in [-0.1, -0.05) is 23.5 Å². The lowest BCUT2D eigenvalue weighted by Crippen LogP contribution is -2.00. The van der Waals surface area contributed by atoms with Crippen LogP contribution in [0.3, 0.4) is 0 Å². The van der Waals surface area contributed by atoms with E-state index in [0.29, 0.717) is 5.88 Å². The second-order valence-electron chi connectivity index (χ2n) is 2.96. The Kier molecular flexibility index (Phi) is 3.22. The van der Waals surface area contributed by atoms with E-state index in [-0.39, 0.29) is 0 Å². The van der Waals surface area contributed by atoms with Gasteiger partial charge in [0.2, 0.25) is 0 Å². The smallest absolute Gasteiger partial charge is 0.183 e. The van der Waals surface area contributed by atoms with Crippen LogP contribution in [0.25, 0.3) is 10.2 Å². The molecule has 0 aliphatic rings. The van der Waals surface area contributed by atoms with Crippen molar-refractivity contribution in [3.05, 3.63) is 24.3 Å². The van der Waals surface area contributed by atoms with Crippen LogP contribution in [0.1, 0.15) is 6.42 Å². The van der Waals surface area contributed by atoms with Gasteiger partial charge in [-0.2, -0.15) is 0 Å². The molecule has 0 aliphatic heterocycles. The third kappa shape index (κ3) is 2.16. The molecule has 0 aliphatic carbocycles. The molecule has 0 bridgehead atoms.